The summed E-state index contributed by atoms with van der Waals surface area (Å²) in [5, 5.41) is 9.15. The minimum atomic E-state index is -0.776. The van der Waals surface area contributed by atoms with E-state index in [-0.39, 0.29) is 0 Å². The highest BCUT2D eigenvalue weighted by Gasteiger charge is 2.18. The first kappa shape index (κ1) is 12.3. The van der Waals surface area contributed by atoms with Crippen LogP contribution in [0, 0.1) is 18.8 Å². The Morgan fingerprint density at radius 1 is 1.38 bits per heavy atom. The molecule has 1 aromatic rings. The summed E-state index contributed by atoms with van der Waals surface area (Å²) >= 11 is 0. The molecule has 0 aliphatic rings. The molecule has 0 aliphatic carbocycles. The predicted octanol–water partition coefficient (Wildman–Crippen LogP) is 2.97. The zero-order chi connectivity index (χ0) is 12.0. The van der Waals surface area contributed by atoms with Crippen LogP contribution in [0.4, 0.5) is 0 Å². The van der Waals surface area contributed by atoms with Crippen LogP contribution in [0.1, 0.15) is 36.8 Å². The fourth-order valence-electron chi connectivity index (χ4n) is 1.57. The zero-order valence-corrected chi connectivity index (χ0v) is 9.66. The van der Waals surface area contributed by atoms with E-state index in [4.69, 9.17) is 5.11 Å². The van der Waals surface area contributed by atoms with Crippen molar-refractivity contribution >= 4 is 5.97 Å². The third kappa shape index (κ3) is 3.43. The standard InChI is InChI=1S/C14H16O2/c1-3-4-5-6-13(14(15)16)12-9-7-11(2)8-10-12/h7-10,13H,5-6H2,1-2H3,(H,15,16). The van der Waals surface area contributed by atoms with Gasteiger partial charge in [0.1, 0.15) is 0 Å². The number of aliphatic carboxylic acids is 1. The fourth-order valence-corrected chi connectivity index (χ4v) is 1.57. The van der Waals surface area contributed by atoms with Gasteiger partial charge in [-0.2, -0.15) is 0 Å². The van der Waals surface area contributed by atoms with E-state index in [1.165, 1.54) is 0 Å². The highest BCUT2D eigenvalue weighted by molar-refractivity contribution is 5.76. The topological polar surface area (TPSA) is 37.3 Å². The number of hydrogen-bond donors (Lipinski definition) is 1. The van der Waals surface area contributed by atoms with Gasteiger partial charge in [-0.1, -0.05) is 29.8 Å². The summed E-state index contributed by atoms with van der Waals surface area (Å²) in [6.07, 6.45) is 1.20. The lowest BCUT2D eigenvalue weighted by atomic mass is 9.94. The maximum Gasteiger partial charge on any atom is 0.311 e. The van der Waals surface area contributed by atoms with Crippen LogP contribution in [0.2, 0.25) is 0 Å². The summed E-state index contributed by atoms with van der Waals surface area (Å²) in [7, 11) is 0. The van der Waals surface area contributed by atoms with Crippen molar-refractivity contribution in [2.45, 2.75) is 32.6 Å². The van der Waals surface area contributed by atoms with Crippen molar-refractivity contribution in [1.82, 2.24) is 0 Å². The summed E-state index contributed by atoms with van der Waals surface area (Å²) < 4.78 is 0. The average molecular weight is 216 g/mol. The van der Waals surface area contributed by atoms with Gasteiger partial charge in [0.2, 0.25) is 0 Å². The third-order valence-electron chi connectivity index (χ3n) is 2.51. The summed E-state index contributed by atoms with van der Waals surface area (Å²) in [5.41, 5.74) is 2.00. The van der Waals surface area contributed by atoms with Gasteiger partial charge in [0.05, 0.1) is 5.92 Å². The number of benzene rings is 1. The van der Waals surface area contributed by atoms with Gasteiger partial charge < -0.3 is 5.11 Å². The van der Waals surface area contributed by atoms with Crippen molar-refractivity contribution in [3.8, 4) is 11.8 Å². The molecular weight excluding hydrogens is 200 g/mol. The number of carboxylic acids is 1. The van der Waals surface area contributed by atoms with Crippen molar-refractivity contribution in [3.05, 3.63) is 35.4 Å². The molecule has 1 rings (SSSR count). The van der Waals surface area contributed by atoms with Gasteiger partial charge in [-0.3, -0.25) is 4.79 Å². The molecule has 0 fully saturated rings. The molecule has 0 heterocycles. The Labute approximate surface area is 96.3 Å². The molecule has 0 spiro atoms. The van der Waals surface area contributed by atoms with Crippen LogP contribution in [0.5, 0.6) is 0 Å². The Morgan fingerprint density at radius 2 is 2.00 bits per heavy atom. The lowest BCUT2D eigenvalue weighted by Gasteiger charge is -2.11. The van der Waals surface area contributed by atoms with Gasteiger partial charge in [0.25, 0.3) is 0 Å². The molecule has 0 aliphatic heterocycles. The Kier molecular flexibility index (Phi) is 4.60. The van der Waals surface area contributed by atoms with Gasteiger partial charge in [0, 0.05) is 6.42 Å². The maximum atomic E-state index is 11.1. The van der Waals surface area contributed by atoms with E-state index in [0.717, 1.165) is 11.1 Å². The van der Waals surface area contributed by atoms with Crippen LogP contribution >= 0.6 is 0 Å². The third-order valence-corrected chi connectivity index (χ3v) is 2.51. The van der Waals surface area contributed by atoms with E-state index in [1.54, 1.807) is 6.92 Å². The molecule has 0 saturated carbocycles. The summed E-state index contributed by atoms with van der Waals surface area (Å²) in [6, 6.07) is 7.65. The van der Waals surface area contributed by atoms with E-state index in [9.17, 15) is 4.79 Å². The van der Waals surface area contributed by atoms with Crippen LogP contribution in [-0.4, -0.2) is 11.1 Å². The number of aryl methyl sites for hydroxylation is 1. The molecule has 1 N–H and O–H groups in total. The highest BCUT2D eigenvalue weighted by atomic mass is 16.4. The Hall–Kier alpha value is -1.75. The van der Waals surface area contributed by atoms with Gasteiger partial charge in [0.15, 0.2) is 0 Å². The normalized spacial score (nSPS) is 11.4. The van der Waals surface area contributed by atoms with Crippen molar-refractivity contribution in [2.75, 3.05) is 0 Å². The van der Waals surface area contributed by atoms with Crippen LogP contribution in [-0.2, 0) is 4.79 Å². The molecular formula is C14H16O2. The number of carbonyl (C=O) groups is 1. The van der Waals surface area contributed by atoms with Crippen LogP contribution in [0.15, 0.2) is 24.3 Å². The molecule has 2 heteroatoms. The zero-order valence-electron chi connectivity index (χ0n) is 9.66. The quantitative estimate of drug-likeness (QED) is 0.786. The smallest absolute Gasteiger partial charge is 0.311 e. The monoisotopic (exact) mass is 216 g/mol. The minimum Gasteiger partial charge on any atom is -0.481 e. The van der Waals surface area contributed by atoms with Gasteiger partial charge >= 0.3 is 5.97 Å². The molecule has 84 valence electrons. The summed E-state index contributed by atoms with van der Waals surface area (Å²) in [4.78, 5) is 11.1. The molecule has 0 bridgehead atoms. The van der Waals surface area contributed by atoms with E-state index in [2.05, 4.69) is 11.8 Å². The predicted molar refractivity (Wildman–Crippen MR) is 64.2 cm³/mol. The molecule has 0 saturated heterocycles. The Balaban J connectivity index is 2.79. The van der Waals surface area contributed by atoms with Crippen LogP contribution in [0.3, 0.4) is 0 Å². The molecule has 1 atom stereocenters. The van der Waals surface area contributed by atoms with Crippen molar-refractivity contribution in [1.29, 1.82) is 0 Å². The van der Waals surface area contributed by atoms with E-state index >= 15 is 0 Å². The number of hydrogen-bond acceptors (Lipinski definition) is 1. The van der Waals surface area contributed by atoms with E-state index in [0.29, 0.717) is 12.8 Å². The van der Waals surface area contributed by atoms with Gasteiger partial charge in [-0.15, -0.1) is 11.8 Å². The molecule has 1 unspecified atom stereocenters. The van der Waals surface area contributed by atoms with Crippen molar-refractivity contribution < 1.29 is 9.90 Å². The SMILES string of the molecule is CC#CCCC(C(=O)O)c1ccc(C)cc1. The summed E-state index contributed by atoms with van der Waals surface area (Å²) in [5.74, 6) is 4.46. The molecule has 1 aromatic carbocycles. The molecule has 0 radical (unpaired) electrons. The first-order valence-corrected chi connectivity index (χ1v) is 5.34. The average Bonchev–Trinajstić information content (AvgIpc) is 2.26. The first-order valence-electron chi connectivity index (χ1n) is 5.34. The number of carboxylic acid groups (broad SMARTS) is 1. The molecule has 0 amide bonds. The van der Waals surface area contributed by atoms with E-state index in [1.807, 2.05) is 31.2 Å². The van der Waals surface area contributed by atoms with Crippen molar-refractivity contribution in [3.63, 3.8) is 0 Å². The second-order valence-corrected chi connectivity index (χ2v) is 3.77. The molecule has 16 heavy (non-hydrogen) atoms. The maximum absolute atomic E-state index is 11.1. The van der Waals surface area contributed by atoms with Gasteiger partial charge in [-0.25, -0.2) is 0 Å². The van der Waals surface area contributed by atoms with Crippen molar-refractivity contribution in [2.24, 2.45) is 0 Å². The lowest BCUT2D eigenvalue weighted by molar-refractivity contribution is -0.138. The molecule has 2 nitrogen and oxygen atoms in total. The Bertz CT molecular complexity index is 407. The minimum absolute atomic E-state index is 0.443. The lowest BCUT2D eigenvalue weighted by Crippen LogP contribution is -2.11. The van der Waals surface area contributed by atoms with Gasteiger partial charge in [-0.05, 0) is 25.8 Å². The fraction of sp³-hybridized carbons (Fsp3) is 0.357. The second-order valence-electron chi connectivity index (χ2n) is 3.77. The number of rotatable bonds is 4. The van der Waals surface area contributed by atoms with Crippen LogP contribution in [0.25, 0.3) is 0 Å². The van der Waals surface area contributed by atoms with E-state index < -0.39 is 11.9 Å². The summed E-state index contributed by atoms with van der Waals surface area (Å²) in [6.45, 7) is 3.75. The Morgan fingerprint density at radius 3 is 2.50 bits per heavy atom. The first-order chi connectivity index (χ1) is 7.65. The second kappa shape index (κ2) is 5.97. The highest BCUT2D eigenvalue weighted by Crippen LogP contribution is 2.21. The van der Waals surface area contributed by atoms with Crippen LogP contribution < -0.4 is 0 Å². The largest absolute Gasteiger partial charge is 0.481 e. The molecule has 0 aromatic heterocycles.